The number of amides is 1. The molecule has 0 spiro atoms. The second-order valence-electron chi connectivity index (χ2n) is 5.71. The molecule has 24 heavy (non-hydrogen) atoms. The molecule has 1 amide bonds. The van der Waals surface area contributed by atoms with Crippen molar-refractivity contribution in [3.8, 4) is 5.75 Å². The summed E-state index contributed by atoms with van der Waals surface area (Å²) in [5.74, 6) is 0.767. The van der Waals surface area contributed by atoms with Gasteiger partial charge < -0.3 is 15.0 Å². The van der Waals surface area contributed by atoms with Crippen LogP contribution < -0.4 is 15.0 Å². The van der Waals surface area contributed by atoms with Gasteiger partial charge in [0, 0.05) is 36.9 Å². The van der Waals surface area contributed by atoms with E-state index < -0.39 is 0 Å². The summed E-state index contributed by atoms with van der Waals surface area (Å²) in [6.07, 6.45) is 1.75. The topological polar surface area (TPSA) is 41.6 Å². The average Bonchev–Trinajstić information content (AvgIpc) is 2.59. The highest BCUT2D eigenvalue weighted by molar-refractivity contribution is 6.30. The Labute approximate surface area is 148 Å². The van der Waals surface area contributed by atoms with Crippen molar-refractivity contribution in [3.05, 3.63) is 59.1 Å². The second kappa shape index (κ2) is 9.18. The van der Waals surface area contributed by atoms with Gasteiger partial charge in [0.25, 0.3) is 5.91 Å². The molecule has 5 heteroatoms. The third-order valence-electron chi connectivity index (χ3n) is 3.58. The highest BCUT2D eigenvalue weighted by Crippen LogP contribution is 2.15. The van der Waals surface area contributed by atoms with Crippen molar-refractivity contribution in [2.75, 3.05) is 32.1 Å². The molecule has 2 aromatic rings. The molecule has 1 N–H and O–H groups in total. The van der Waals surface area contributed by atoms with E-state index in [1.165, 1.54) is 0 Å². The van der Waals surface area contributed by atoms with E-state index in [-0.39, 0.29) is 5.91 Å². The third-order valence-corrected chi connectivity index (χ3v) is 3.84. The summed E-state index contributed by atoms with van der Waals surface area (Å²) >= 11 is 5.82. The molecule has 2 rings (SSSR count). The predicted molar refractivity (Wildman–Crippen MR) is 99.3 cm³/mol. The van der Waals surface area contributed by atoms with Crippen LogP contribution in [0.5, 0.6) is 5.75 Å². The van der Waals surface area contributed by atoms with Crippen LogP contribution in [0.4, 0.5) is 5.69 Å². The van der Waals surface area contributed by atoms with Crippen LogP contribution in [-0.4, -0.2) is 33.2 Å². The summed E-state index contributed by atoms with van der Waals surface area (Å²) < 4.78 is 5.61. The van der Waals surface area contributed by atoms with Crippen LogP contribution in [0.15, 0.2) is 48.5 Å². The summed E-state index contributed by atoms with van der Waals surface area (Å²) in [5.41, 5.74) is 1.75. The van der Waals surface area contributed by atoms with Gasteiger partial charge in [-0.2, -0.15) is 0 Å². The molecule has 0 aliphatic rings. The Morgan fingerprint density at radius 2 is 1.71 bits per heavy atom. The smallest absolute Gasteiger partial charge is 0.251 e. The van der Waals surface area contributed by atoms with Crippen LogP contribution >= 0.6 is 11.6 Å². The van der Waals surface area contributed by atoms with Crippen LogP contribution in [-0.2, 0) is 0 Å². The largest absolute Gasteiger partial charge is 0.494 e. The van der Waals surface area contributed by atoms with Gasteiger partial charge in [-0.1, -0.05) is 11.6 Å². The zero-order valence-electron chi connectivity index (χ0n) is 14.1. The minimum atomic E-state index is -0.0427. The van der Waals surface area contributed by atoms with Crippen LogP contribution in [0.25, 0.3) is 0 Å². The maximum absolute atomic E-state index is 12.0. The molecule has 0 fully saturated rings. The summed E-state index contributed by atoms with van der Waals surface area (Å²) in [4.78, 5) is 14.0. The first kappa shape index (κ1) is 18.1. The molecular weight excluding hydrogens is 324 g/mol. The molecule has 0 heterocycles. The molecule has 0 radical (unpaired) electrons. The zero-order chi connectivity index (χ0) is 17.4. The van der Waals surface area contributed by atoms with E-state index in [1.807, 2.05) is 55.4 Å². The van der Waals surface area contributed by atoms with E-state index in [1.54, 1.807) is 12.1 Å². The molecule has 4 nitrogen and oxygen atoms in total. The predicted octanol–water partition coefficient (Wildman–Crippen LogP) is 4.00. The van der Waals surface area contributed by atoms with E-state index in [0.29, 0.717) is 23.7 Å². The first-order valence-electron chi connectivity index (χ1n) is 8.00. The number of nitrogens with one attached hydrogen (secondary N) is 1. The molecule has 0 unspecified atom stereocenters. The number of ether oxygens (including phenoxy) is 1. The minimum absolute atomic E-state index is 0.0427. The van der Waals surface area contributed by atoms with Gasteiger partial charge in [-0.3, -0.25) is 4.79 Å². The lowest BCUT2D eigenvalue weighted by Crippen LogP contribution is -2.24. The van der Waals surface area contributed by atoms with Crippen LogP contribution in [0, 0.1) is 0 Å². The van der Waals surface area contributed by atoms with E-state index in [9.17, 15) is 4.79 Å². The van der Waals surface area contributed by atoms with Crippen LogP contribution in [0.1, 0.15) is 23.2 Å². The monoisotopic (exact) mass is 346 g/mol. The highest BCUT2D eigenvalue weighted by atomic mass is 35.5. The van der Waals surface area contributed by atoms with Gasteiger partial charge in [0.1, 0.15) is 5.75 Å². The Bertz CT molecular complexity index is 639. The van der Waals surface area contributed by atoms with Crippen molar-refractivity contribution in [1.82, 2.24) is 5.32 Å². The number of hydrogen-bond donors (Lipinski definition) is 1. The van der Waals surface area contributed by atoms with Crippen molar-refractivity contribution >= 4 is 23.2 Å². The third kappa shape index (κ3) is 5.78. The molecule has 128 valence electrons. The second-order valence-corrected chi connectivity index (χ2v) is 6.14. The van der Waals surface area contributed by atoms with Crippen molar-refractivity contribution in [2.24, 2.45) is 0 Å². The number of carbonyl (C=O) groups excluding carboxylic acids is 1. The molecule has 0 bridgehead atoms. The lowest BCUT2D eigenvalue weighted by atomic mass is 10.2. The van der Waals surface area contributed by atoms with Gasteiger partial charge in [0.05, 0.1) is 6.61 Å². The minimum Gasteiger partial charge on any atom is -0.494 e. The van der Waals surface area contributed by atoms with Gasteiger partial charge >= 0.3 is 0 Å². The Hall–Kier alpha value is -2.20. The molecule has 0 aliphatic heterocycles. The number of unbranched alkanes of at least 4 members (excludes halogenated alkanes) is 1. The maximum Gasteiger partial charge on any atom is 0.251 e. The number of hydrogen-bond acceptors (Lipinski definition) is 3. The van der Waals surface area contributed by atoms with Gasteiger partial charge in [-0.25, -0.2) is 0 Å². The molecule has 2 aromatic carbocycles. The molecule has 0 aromatic heterocycles. The number of anilines is 1. The fraction of sp³-hybridized carbons (Fsp3) is 0.316. The first-order chi connectivity index (χ1) is 11.6. The number of rotatable bonds is 8. The highest BCUT2D eigenvalue weighted by Gasteiger charge is 2.05. The van der Waals surface area contributed by atoms with E-state index in [0.717, 1.165) is 24.3 Å². The van der Waals surface area contributed by atoms with Gasteiger partial charge in [0.2, 0.25) is 0 Å². The number of benzene rings is 2. The molecule has 0 saturated carbocycles. The standard InChI is InChI=1S/C19H23ClN2O2/c1-22(2)17-9-5-15(6-10-17)19(23)21-13-3-4-14-24-18-11-7-16(20)8-12-18/h5-12H,3-4,13-14H2,1-2H3,(H,21,23). The lowest BCUT2D eigenvalue weighted by Gasteiger charge is -2.12. The number of nitrogens with zero attached hydrogens (tertiary/aromatic N) is 1. The van der Waals surface area contributed by atoms with Crippen molar-refractivity contribution in [1.29, 1.82) is 0 Å². The zero-order valence-corrected chi connectivity index (χ0v) is 14.8. The Balaban J connectivity index is 1.63. The summed E-state index contributed by atoms with van der Waals surface area (Å²) in [6.45, 7) is 1.26. The fourth-order valence-corrected chi connectivity index (χ4v) is 2.29. The number of carbonyl (C=O) groups is 1. The summed E-state index contributed by atoms with van der Waals surface area (Å²) in [6, 6.07) is 14.9. The summed E-state index contributed by atoms with van der Waals surface area (Å²) in [7, 11) is 3.95. The molecule has 0 aliphatic carbocycles. The van der Waals surface area contributed by atoms with Crippen LogP contribution in [0.3, 0.4) is 0 Å². The maximum atomic E-state index is 12.0. The van der Waals surface area contributed by atoms with Gasteiger partial charge in [-0.05, 0) is 61.4 Å². The first-order valence-corrected chi connectivity index (χ1v) is 8.38. The molecular formula is C19H23ClN2O2. The summed E-state index contributed by atoms with van der Waals surface area (Å²) in [5, 5.41) is 3.63. The Kier molecular flexibility index (Phi) is 6.94. The van der Waals surface area contributed by atoms with Gasteiger partial charge in [-0.15, -0.1) is 0 Å². The van der Waals surface area contributed by atoms with Crippen molar-refractivity contribution < 1.29 is 9.53 Å². The van der Waals surface area contributed by atoms with E-state index in [4.69, 9.17) is 16.3 Å². The Morgan fingerprint density at radius 1 is 1.04 bits per heavy atom. The lowest BCUT2D eigenvalue weighted by molar-refractivity contribution is 0.0952. The van der Waals surface area contributed by atoms with E-state index in [2.05, 4.69) is 5.32 Å². The average molecular weight is 347 g/mol. The Morgan fingerprint density at radius 3 is 2.33 bits per heavy atom. The van der Waals surface area contributed by atoms with Crippen molar-refractivity contribution in [3.63, 3.8) is 0 Å². The normalized spacial score (nSPS) is 10.3. The quantitative estimate of drug-likeness (QED) is 0.735. The fourth-order valence-electron chi connectivity index (χ4n) is 2.16. The number of halogens is 1. The molecule has 0 atom stereocenters. The van der Waals surface area contributed by atoms with E-state index >= 15 is 0 Å². The SMILES string of the molecule is CN(C)c1ccc(C(=O)NCCCCOc2ccc(Cl)cc2)cc1. The van der Waals surface area contributed by atoms with Crippen molar-refractivity contribution in [2.45, 2.75) is 12.8 Å². The van der Waals surface area contributed by atoms with Gasteiger partial charge in [0.15, 0.2) is 0 Å². The van der Waals surface area contributed by atoms with Crippen LogP contribution in [0.2, 0.25) is 5.02 Å². The molecule has 0 saturated heterocycles.